The Morgan fingerprint density at radius 3 is 2.75 bits per heavy atom. The summed E-state index contributed by atoms with van der Waals surface area (Å²) in [4.78, 5) is 0. The Morgan fingerprint density at radius 1 is 1.33 bits per heavy atom. The van der Waals surface area contributed by atoms with Crippen molar-refractivity contribution in [1.82, 2.24) is 0 Å². The van der Waals surface area contributed by atoms with Gasteiger partial charge in [0.2, 0.25) is 0 Å². The lowest BCUT2D eigenvalue weighted by atomic mass is 10.1. The van der Waals surface area contributed by atoms with E-state index in [0.29, 0.717) is 0 Å². The number of hydrogen-bond acceptors (Lipinski definition) is 1. The van der Waals surface area contributed by atoms with Crippen molar-refractivity contribution in [2.45, 2.75) is 13.5 Å². The van der Waals surface area contributed by atoms with Gasteiger partial charge in [-0.1, -0.05) is 40.2 Å². The van der Waals surface area contributed by atoms with Gasteiger partial charge in [-0.05, 0) is 18.1 Å². The highest BCUT2D eigenvalue weighted by molar-refractivity contribution is 9.09. The van der Waals surface area contributed by atoms with Crippen LogP contribution in [0.15, 0.2) is 24.3 Å². The van der Waals surface area contributed by atoms with Crippen LogP contribution in [0.3, 0.4) is 0 Å². The SMILES string of the molecule is Cc1ccccc1COCCBr. The van der Waals surface area contributed by atoms with Gasteiger partial charge in [0, 0.05) is 5.33 Å². The molecule has 0 atom stereocenters. The van der Waals surface area contributed by atoms with E-state index >= 15 is 0 Å². The second-order valence-electron chi connectivity index (χ2n) is 2.67. The van der Waals surface area contributed by atoms with E-state index < -0.39 is 0 Å². The van der Waals surface area contributed by atoms with Crippen molar-refractivity contribution < 1.29 is 4.74 Å². The van der Waals surface area contributed by atoms with Crippen molar-refractivity contribution in [3.8, 4) is 0 Å². The Hall–Kier alpha value is -0.340. The summed E-state index contributed by atoms with van der Waals surface area (Å²) in [5.41, 5.74) is 2.57. The van der Waals surface area contributed by atoms with E-state index in [1.807, 2.05) is 12.1 Å². The molecule has 1 rings (SSSR count). The van der Waals surface area contributed by atoms with E-state index in [-0.39, 0.29) is 0 Å². The van der Waals surface area contributed by atoms with Crippen LogP contribution in [0.5, 0.6) is 0 Å². The predicted octanol–water partition coefficient (Wildman–Crippen LogP) is 2.91. The van der Waals surface area contributed by atoms with Crippen LogP contribution >= 0.6 is 15.9 Å². The normalized spacial score (nSPS) is 10.2. The van der Waals surface area contributed by atoms with E-state index in [4.69, 9.17) is 4.74 Å². The summed E-state index contributed by atoms with van der Waals surface area (Å²) in [6.07, 6.45) is 0. The third-order valence-corrected chi connectivity index (χ3v) is 2.06. The molecule has 0 unspecified atom stereocenters. The van der Waals surface area contributed by atoms with Gasteiger partial charge in [-0.2, -0.15) is 0 Å². The van der Waals surface area contributed by atoms with E-state index in [1.54, 1.807) is 0 Å². The van der Waals surface area contributed by atoms with Gasteiger partial charge in [0.05, 0.1) is 13.2 Å². The molecule has 0 aromatic heterocycles. The minimum Gasteiger partial charge on any atom is -0.376 e. The lowest BCUT2D eigenvalue weighted by molar-refractivity contribution is 0.137. The average Bonchev–Trinajstić information content (AvgIpc) is 2.09. The second kappa shape index (κ2) is 5.33. The van der Waals surface area contributed by atoms with Gasteiger partial charge in [0.25, 0.3) is 0 Å². The number of aryl methyl sites for hydroxylation is 1. The van der Waals surface area contributed by atoms with Crippen molar-refractivity contribution in [2.24, 2.45) is 0 Å². The molecule has 0 saturated carbocycles. The zero-order valence-electron chi connectivity index (χ0n) is 7.22. The van der Waals surface area contributed by atoms with Crippen molar-refractivity contribution in [2.75, 3.05) is 11.9 Å². The summed E-state index contributed by atoms with van der Waals surface area (Å²) in [5, 5.41) is 0.902. The molecular weight excluding hydrogens is 216 g/mol. The standard InChI is InChI=1S/C10H13BrO/c1-9-4-2-3-5-10(9)8-12-7-6-11/h2-5H,6-8H2,1H3. The fourth-order valence-corrected chi connectivity index (χ4v) is 1.24. The predicted molar refractivity (Wildman–Crippen MR) is 54.6 cm³/mol. The molecule has 0 aliphatic heterocycles. The third-order valence-electron chi connectivity index (χ3n) is 1.74. The maximum Gasteiger partial charge on any atom is 0.0719 e. The van der Waals surface area contributed by atoms with Crippen LogP contribution in [-0.4, -0.2) is 11.9 Å². The molecule has 0 aliphatic rings. The molecule has 12 heavy (non-hydrogen) atoms. The zero-order chi connectivity index (χ0) is 8.81. The van der Waals surface area contributed by atoms with Gasteiger partial charge in [0.15, 0.2) is 0 Å². The Bertz CT molecular complexity index is 235. The van der Waals surface area contributed by atoms with E-state index in [9.17, 15) is 0 Å². The zero-order valence-corrected chi connectivity index (χ0v) is 8.80. The fourth-order valence-electron chi connectivity index (χ4n) is 1.01. The Morgan fingerprint density at radius 2 is 2.08 bits per heavy atom. The maximum atomic E-state index is 5.40. The molecule has 0 fully saturated rings. The third kappa shape index (κ3) is 2.95. The molecule has 0 bridgehead atoms. The first kappa shape index (κ1) is 9.75. The number of halogens is 1. The van der Waals surface area contributed by atoms with Crippen molar-refractivity contribution in [1.29, 1.82) is 0 Å². The first-order chi connectivity index (χ1) is 5.84. The van der Waals surface area contributed by atoms with Crippen LogP contribution < -0.4 is 0 Å². The molecule has 0 N–H and O–H groups in total. The van der Waals surface area contributed by atoms with Crippen molar-refractivity contribution in [3.63, 3.8) is 0 Å². The molecule has 1 aromatic rings. The second-order valence-corrected chi connectivity index (χ2v) is 3.46. The molecule has 0 heterocycles. The van der Waals surface area contributed by atoms with Crippen molar-refractivity contribution >= 4 is 15.9 Å². The summed E-state index contributed by atoms with van der Waals surface area (Å²) in [7, 11) is 0. The van der Waals surface area contributed by atoms with Gasteiger partial charge in [-0.15, -0.1) is 0 Å². The van der Waals surface area contributed by atoms with E-state index in [0.717, 1.165) is 18.5 Å². The smallest absolute Gasteiger partial charge is 0.0719 e. The summed E-state index contributed by atoms with van der Waals surface area (Å²) in [5.74, 6) is 0. The summed E-state index contributed by atoms with van der Waals surface area (Å²) in [6.45, 7) is 3.60. The minimum absolute atomic E-state index is 0.721. The Kier molecular flexibility index (Phi) is 4.33. The topological polar surface area (TPSA) is 9.23 Å². The molecule has 0 amide bonds. The highest BCUT2D eigenvalue weighted by Crippen LogP contribution is 2.07. The van der Waals surface area contributed by atoms with Crippen LogP contribution in [0, 0.1) is 6.92 Å². The highest BCUT2D eigenvalue weighted by atomic mass is 79.9. The highest BCUT2D eigenvalue weighted by Gasteiger charge is 1.95. The van der Waals surface area contributed by atoms with Gasteiger partial charge < -0.3 is 4.74 Å². The monoisotopic (exact) mass is 228 g/mol. The number of benzene rings is 1. The lowest BCUT2D eigenvalue weighted by Gasteiger charge is -2.04. The molecule has 1 nitrogen and oxygen atoms in total. The molecule has 1 aromatic carbocycles. The summed E-state index contributed by atoms with van der Waals surface area (Å²) in [6, 6.07) is 8.29. The van der Waals surface area contributed by atoms with Crippen LogP contribution in [-0.2, 0) is 11.3 Å². The largest absolute Gasteiger partial charge is 0.376 e. The molecule has 0 spiro atoms. The number of alkyl halides is 1. The average molecular weight is 229 g/mol. The van der Waals surface area contributed by atoms with Gasteiger partial charge in [-0.25, -0.2) is 0 Å². The molecule has 2 heteroatoms. The number of rotatable bonds is 4. The molecule has 0 aliphatic carbocycles. The molecule has 0 saturated heterocycles. The molecule has 66 valence electrons. The lowest BCUT2D eigenvalue weighted by Crippen LogP contribution is -1.97. The minimum atomic E-state index is 0.721. The fraction of sp³-hybridized carbons (Fsp3) is 0.400. The van der Waals surface area contributed by atoms with Crippen LogP contribution in [0.4, 0.5) is 0 Å². The molecular formula is C10H13BrO. The van der Waals surface area contributed by atoms with Gasteiger partial charge in [-0.3, -0.25) is 0 Å². The quantitative estimate of drug-likeness (QED) is 0.569. The Labute approximate surface area is 81.9 Å². The first-order valence-electron chi connectivity index (χ1n) is 4.03. The maximum absolute atomic E-state index is 5.40. The van der Waals surface area contributed by atoms with Crippen molar-refractivity contribution in [3.05, 3.63) is 35.4 Å². The van der Waals surface area contributed by atoms with Gasteiger partial charge in [0.1, 0.15) is 0 Å². The van der Waals surface area contributed by atoms with Crippen LogP contribution in [0.2, 0.25) is 0 Å². The Balaban J connectivity index is 2.46. The van der Waals surface area contributed by atoms with Crippen LogP contribution in [0.25, 0.3) is 0 Å². The first-order valence-corrected chi connectivity index (χ1v) is 5.15. The summed E-state index contributed by atoms with van der Waals surface area (Å²) < 4.78 is 5.40. The van der Waals surface area contributed by atoms with E-state index in [2.05, 4.69) is 35.0 Å². The summed E-state index contributed by atoms with van der Waals surface area (Å²) >= 11 is 3.32. The van der Waals surface area contributed by atoms with E-state index in [1.165, 1.54) is 11.1 Å². The van der Waals surface area contributed by atoms with Gasteiger partial charge >= 0.3 is 0 Å². The number of ether oxygens (including phenoxy) is 1. The number of hydrogen-bond donors (Lipinski definition) is 0. The van der Waals surface area contributed by atoms with Crippen LogP contribution in [0.1, 0.15) is 11.1 Å². The molecule has 0 radical (unpaired) electrons.